The fraction of sp³-hybridized carbons (Fsp3) is 0.818. The van der Waals surface area contributed by atoms with Gasteiger partial charge in [0.25, 0.3) is 0 Å². The van der Waals surface area contributed by atoms with Gasteiger partial charge in [0.15, 0.2) is 0 Å². The molecule has 1 unspecified atom stereocenters. The number of carbonyl (C=O) groups excluding carboxylic acids is 1. The van der Waals surface area contributed by atoms with Crippen LogP contribution in [-0.2, 0) is 9.59 Å². The van der Waals surface area contributed by atoms with Crippen molar-refractivity contribution in [3.63, 3.8) is 0 Å². The van der Waals surface area contributed by atoms with E-state index in [1.54, 1.807) is 0 Å². The Hall–Kier alpha value is -1.06. The van der Waals surface area contributed by atoms with Crippen molar-refractivity contribution in [1.82, 2.24) is 5.32 Å². The fourth-order valence-electron chi connectivity index (χ4n) is 1.68. The molecule has 0 aliphatic heterocycles. The Labute approximate surface area is 90.0 Å². The minimum Gasteiger partial charge on any atom is -0.481 e. The number of nitrogens with one attached hydrogen (secondary N) is 1. The third-order valence-corrected chi connectivity index (χ3v) is 3.08. The van der Waals surface area contributed by atoms with Crippen LogP contribution in [0, 0.1) is 11.8 Å². The molecule has 0 saturated heterocycles. The third-order valence-electron chi connectivity index (χ3n) is 3.08. The van der Waals surface area contributed by atoms with Gasteiger partial charge >= 0.3 is 5.97 Å². The number of carbonyl (C=O) groups is 2. The monoisotopic (exact) mass is 213 g/mol. The van der Waals surface area contributed by atoms with Gasteiger partial charge in [0.05, 0.1) is 5.92 Å². The van der Waals surface area contributed by atoms with Gasteiger partial charge in [0, 0.05) is 12.5 Å². The minimum absolute atomic E-state index is 0.0539. The van der Waals surface area contributed by atoms with Crippen molar-refractivity contribution in [1.29, 1.82) is 0 Å². The lowest BCUT2D eigenvalue weighted by Crippen LogP contribution is -2.46. The molecule has 86 valence electrons. The lowest BCUT2D eigenvalue weighted by molar-refractivity contribution is -0.146. The van der Waals surface area contributed by atoms with E-state index < -0.39 is 5.97 Å². The first kappa shape index (κ1) is 12.0. The van der Waals surface area contributed by atoms with Crippen LogP contribution in [-0.4, -0.2) is 23.0 Å². The smallest absolute Gasteiger partial charge is 0.306 e. The number of rotatable bonds is 5. The average molecular weight is 213 g/mol. The number of hydrogen-bond donors (Lipinski definition) is 2. The van der Waals surface area contributed by atoms with E-state index in [0.717, 1.165) is 6.42 Å². The molecule has 1 saturated carbocycles. The van der Waals surface area contributed by atoms with Gasteiger partial charge in [-0.25, -0.2) is 0 Å². The number of aliphatic carboxylic acids is 1. The van der Waals surface area contributed by atoms with E-state index in [2.05, 4.69) is 12.2 Å². The van der Waals surface area contributed by atoms with Crippen molar-refractivity contribution < 1.29 is 14.7 Å². The summed E-state index contributed by atoms with van der Waals surface area (Å²) in [4.78, 5) is 22.0. The van der Waals surface area contributed by atoms with Gasteiger partial charge in [-0.1, -0.05) is 20.3 Å². The maximum absolute atomic E-state index is 11.4. The van der Waals surface area contributed by atoms with Gasteiger partial charge in [-0.15, -0.1) is 0 Å². The lowest BCUT2D eigenvalue weighted by atomic mass is 9.80. The Bertz CT molecular complexity index is 246. The number of carboxylic acid groups (broad SMARTS) is 1. The molecule has 0 aromatic heterocycles. The van der Waals surface area contributed by atoms with E-state index in [4.69, 9.17) is 5.11 Å². The summed E-state index contributed by atoms with van der Waals surface area (Å²) in [7, 11) is 0. The summed E-state index contributed by atoms with van der Waals surface area (Å²) in [5.74, 6) is -0.542. The summed E-state index contributed by atoms with van der Waals surface area (Å²) >= 11 is 0. The van der Waals surface area contributed by atoms with Crippen LogP contribution in [0.5, 0.6) is 0 Å². The van der Waals surface area contributed by atoms with Crippen molar-refractivity contribution in [3.05, 3.63) is 0 Å². The molecular weight excluding hydrogens is 194 g/mol. The van der Waals surface area contributed by atoms with Gasteiger partial charge < -0.3 is 10.4 Å². The number of carboxylic acids is 1. The summed E-state index contributed by atoms with van der Waals surface area (Å²) in [5.41, 5.74) is 0. The molecule has 1 atom stereocenters. The van der Waals surface area contributed by atoms with E-state index in [1.165, 1.54) is 0 Å². The van der Waals surface area contributed by atoms with Gasteiger partial charge in [-0.3, -0.25) is 9.59 Å². The van der Waals surface area contributed by atoms with Crippen LogP contribution in [0.4, 0.5) is 0 Å². The SMILES string of the molecule is CCC(C)CC(=O)NC1CC(C(=O)O)C1. The summed E-state index contributed by atoms with van der Waals surface area (Å²) in [6.07, 6.45) is 2.71. The van der Waals surface area contributed by atoms with Crippen molar-refractivity contribution in [2.45, 2.75) is 45.6 Å². The highest BCUT2D eigenvalue weighted by molar-refractivity contribution is 5.77. The Morgan fingerprint density at radius 3 is 2.53 bits per heavy atom. The molecule has 15 heavy (non-hydrogen) atoms. The molecule has 0 aromatic rings. The Kier molecular flexibility index (Phi) is 4.12. The minimum atomic E-state index is -0.748. The molecule has 0 radical (unpaired) electrons. The molecule has 0 bridgehead atoms. The summed E-state index contributed by atoms with van der Waals surface area (Å²) in [6.45, 7) is 4.10. The van der Waals surface area contributed by atoms with Crippen LogP contribution in [0.3, 0.4) is 0 Å². The van der Waals surface area contributed by atoms with Crippen LogP contribution >= 0.6 is 0 Å². The van der Waals surface area contributed by atoms with E-state index in [1.807, 2.05) is 6.92 Å². The normalized spacial score (nSPS) is 26.5. The van der Waals surface area contributed by atoms with E-state index in [0.29, 0.717) is 25.2 Å². The van der Waals surface area contributed by atoms with Crippen LogP contribution in [0.1, 0.15) is 39.5 Å². The predicted molar refractivity (Wildman–Crippen MR) is 56.4 cm³/mol. The first-order valence-corrected chi connectivity index (χ1v) is 5.55. The molecular formula is C11H19NO3. The van der Waals surface area contributed by atoms with Gasteiger partial charge in [-0.05, 0) is 18.8 Å². The summed E-state index contributed by atoms with van der Waals surface area (Å²) < 4.78 is 0. The molecule has 2 N–H and O–H groups in total. The molecule has 1 aliphatic rings. The molecule has 4 nitrogen and oxygen atoms in total. The van der Waals surface area contributed by atoms with E-state index in [9.17, 15) is 9.59 Å². The standard InChI is InChI=1S/C11H19NO3/c1-3-7(2)4-10(13)12-9-5-8(6-9)11(14)15/h7-9H,3-6H2,1-2H3,(H,12,13)(H,14,15). The van der Waals surface area contributed by atoms with Crippen LogP contribution in [0.2, 0.25) is 0 Å². The largest absolute Gasteiger partial charge is 0.481 e. The molecule has 1 fully saturated rings. The van der Waals surface area contributed by atoms with Gasteiger partial charge in [0.1, 0.15) is 0 Å². The molecule has 0 spiro atoms. The van der Waals surface area contributed by atoms with E-state index >= 15 is 0 Å². The van der Waals surface area contributed by atoms with Crippen molar-refractivity contribution in [2.24, 2.45) is 11.8 Å². The predicted octanol–water partition coefficient (Wildman–Crippen LogP) is 1.40. The van der Waals surface area contributed by atoms with Crippen LogP contribution in [0.15, 0.2) is 0 Å². The quantitative estimate of drug-likeness (QED) is 0.725. The third kappa shape index (κ3) is 3.53. The second-order valence-electron chi connectivity index (χ2n) is 4.49. The second kappa shape index (κ2) is 5.14. The molecule has 1 rings (SSSR count). The Morgan fingerprint density at radius 1 is 1.47 bits per heavy atom. The topological polar surface area (TPSA) is 66.4 Å². The first-order chi connectivity index (χ1) is 7.02. The van der Waals surface area contributed by atoms with Crippen LogP contribution < -0.4 is 5.32 Å². The maximum Gasteiger partial charge on any atom is 0.306 e. The highest BCUT2D eigenvalue weighted by Gasteiger charge is 2.35. The zero-order valence-electron chi connectivity index (χ0n) is 9.32. The molecule has 4 heteroatoms. The van der Waals surface area contributed by atoms with Gasteiger partial charge in [0.2, 0.25) is 5.91 Å². The summed E-state index contributed by atoms with van der Waals surface area (Å²) in [5, 5.41) is 11.5. The second-order valence-corrected chi connectivity index (χ2v) is 4.49. The highest BCUT2D eigenvalue weighted by atomic mass is 16.4. The molecule has 1 aliphatic carbocycles. The highest BCUT2D eigenvalue weighted by Crippen LogP contribution is 2.27. The van der Waals surface area contributed by atoms with Crippen molar-refractivity contribution >= 4 is 11.9 Å². The zero-order valence-corrected chi connectivity index (χ0v) is 9.32. The Balaban J connectivity index is 2.16. The lowest BCUT2D eigenvalue weighted by Gasteiger charge is -2.33. The molecule has 0 aromatic carbocycles. The van der Waals surface area contributed by atoms with Gasteiger partial charge in [-0.2, -0.15) is 0 Å². The number of amides is 1. The molecule has 0 heterocycles. The maximum atomic E-state index is 11.4. The first-order valence-electron chi connectivity index (χ1n) is 5.55. The fourth-order valence-corrected chi connectivity index (χ4v) is 1.68. The van der Waals surface area contributed by atoms with Crippen molar-refractivity contribution in [3.8, 4) is 0 Å². The summed E-state index contributed by atoms with van der Waals surface area (Å²) in [6, 6.07) is 0.0858. The Morgan fingerprint density at radius 2 is 2.07 bits per heavy atom. The zero-order chi connectivity index (χ0) is 11.4. The average Bonchev–Trinajstić information content (AvgIpc) is 2.09. The van der Waals surface area contributed by atoms with Crippen LogP contribution in [0.25, 0.3) is 0 Å². The van der Waals surface area contributed by atoms with E-state index in [-0.39, 0.29) is 17.9 Å². The number of hydrogen-bond acceptors (Lipinski definition) is 2. The molecule has 1 amide bonds. The van der Waals surface area contributed by atoms with Crippen molar-refractivity contribution in [2.75, 3.05) is 0 Å².